The minimum absolute atomic E-state index is 0.172. The third-order valence-electron chi connectivity index (χ3n) is 8.49. The fourth-order valence-electron chi connectivity index (χ4n) is 6.35. The van der Waals surface area contributed by atoms with Crippen molar-refractivity contribution in [3.63, 3.8) is 0 Å². The summed E-state index contributed by atoms with van der Waals surface area (Å²) in [5.74, 6) is 3.19. The summed E-state index contributed by atoms with van der Waals surface area (Å²) >= 11 is 0. The number of hydrogen-bond acceptors (Lipinski definition) is 6. The molecule has 0 aliphatic carbocycles. The number of carbonyl (C=O) groups excluding carboxylic acids is 1. The first kappa shape index (κ1) is 28.1. The zero-order valence-electron chi connectivity index (χ0n) is 24.5. The number of hydrogen-bond donors (Lipinski definition) is 0. The smallest absolute Gasteiger partial charge is 0.231 e. The van der Waals surface area contributed by atoms with E-state index in [0.717, 1.165) is 57.5 Å². The third kappa shape index (κ3) is 5.59. The molecule has 1 unspecified atom stereocenters. The second kappa shape index (κ2) is 12.8. The van der Waals surface area contributed by atoms with Crippen molar-refractivity contribution in [1.82, 2.24) is 0 Å². The van der Waals surface area contributed by atoms with Gasteiger partial charge in [0.2, 0.25) is 6.79 Å². The molecule has 2 aliphatic heterocycles. The van der Waals surface area contributed by atoms with Gasteiger partial charge in [-0.25, -0.2) is 0 Å². The van der Waals surface area contributed by atoms with Gasteiger partial charge in [0.05, 0.1) is 25.9 Å². The zero-order chi connectivity index (χ0) is 28.1. The average molecular weight is 546 g/mol. The Morgan fingerprint density at radius 2 is 1.55 bits per heavy atom. The van der Waals surface area contributed by atoms with Crippen LogP contribution in [0.3, 0.4) is 0 Å². The van der Waals surface area contributed by atoms with Crippen LogP contribution in [0, 0.1) is 0 Å². The molecular weight excluding hydrogens is 502 g/mol. The van der Waals surface area contributed by atoms with Crippen LogP contribution in [-0.4, -0.2) is 33.8 Å². The number of methoxy groups -OCH3 is 2. The summed E-state index contributed by atoms with van der Waals surface area (Å²) in [7, 11) is 5.42. The van der Waals surface area contributed by atoms with Crippen molar-refractivity contribution < 1.29 is 23.7 Å². The highest BCUT2D eigenvalue weighted by atomic mass is 16.7. The molecule has 3 aromatic rings. The molecule has 0 bridgehead atoms. The maximum Gasteiger partial charge on any atom is 0.231 e. The van der Waals surface area contributed by atoms with Crippen molar-refractivity contribution in [3.05, 3.63) is 42.0 Å². The number of ether oxygens (including phenoxy) is 4. The van der Waals surface area contributed by atoms with Gasteiger partial charge >= 0.3 is 0 Å². The average Bonchev–Trinajstić information content (AvgIpc) is 3.43. The molecule has 0 aromatic heterocycles. The van der Waals surface area contributed by atoms with Crippen molar-refractivity contribution in [3.8, 4) is 34.1 Å². The first-order valence-corrected chi connectivity index (χ1v) is 14.9. The summed E-state index contributed by atoms with van der Waals surface area (Å²) in [6.07, 6.45) is 12.2. The van der Waals surface area contributed by atoms with Crippen LogP contribution in [0.1, 0.15) is 89.2 Å². The Morgan fingerprint density at radius 1 is 0.875 bits per heavy atom. The second-order valence-corrected chi connectivity index (χ2v) is 11.1. The number of carbonyl (C=O) groups is 1. The topological polar surface area (TPSA) is 57.2 Å². The number of unbranched alkanes of at least 4 members (excludes halogenated alkanes) is 8. The molecule has 0 N–H and O–H groups in total. The summed E-state index contributed by atoms with van der Waals surface area (Å²) in [4.78, 5) is 15.7. The van der Waals surface area contributed by atoms with E-state index in [1.807, 2.05) is 12.1 Å². The highest BCUT2D eigenvalue weighted by Crippen LogP contribution is 2.54. The molecule has 0 saturated heterocycles. The van der Waals surface area contributed by atoms with Crippen LogP contribution in [0.15, 0.2) is 36.4 Å². The Bertz CT molecular complexity index is 1350. The van der Waals surface area contributed by atoms with Gasteiger partial charge in [0.25, 0.3) is 0 Å². The van der Waals surface area contributed by atoms with Gasteiger partial charge in [-0.3, -0.25) is 4.79 Å². The Kier molecular flexibility index (Phi) is 9.03. The maximum absolute atomic E-state index is 13.4. The van der Waals surface area contributed by atoms with E-state index in [9.17, 15) is 4.79 Å². The molecule has 0 saturated carbocycles. The quantitative estimate of drug-likeness (QED) is 0.189. The van der Waals surface area contributed by atoms with E-state index in [-0.39, 0.29) is 18.6 Å². The number of ketones is 1. The molecule has 3 aromatic carbocycles. The number of Topliss-reactive ketones (excluding diaryl/α,β-unsaturated/α-hetero) is 1. The first-order valence-electron chi connectivity index (χ1n) is 14.9. The molecule has 0 spiro atoms. The number of rotatable bonds is 14. The molecule has 0 fully saturated rings. The van der Waals surface area contributed by atoms with Gasteiger partial charge < -0.3 is 23.8 Å². The molecule has 6 nitrogen and oxygen atoms in total. The molecular formula is C34H43NO5. The lowest BCUT2D eigenvalue weighted by Gasteiger charge is -2.39. The summed E-state index contributed by atoms with van der Waals surface area (Å²) in [6, 6.07) is 12.3. The van der Waals surface area contributed by atoms with E-state index in [1.54, 1.807) is 14.2 Å². The van der Waals surface area contributed by atoms with Crippen molar-refractivity contribution in [2.75, 3.05) is 33.0 Å². The van der Waals surface area contributed by atoms with Gasteiger partial charge in [0.1, 0.15) is 5.78 Å². The van der Waals surface area contributed by atoms with Crippen molar-refractivity contribution in [2.45, 2.75) is 83.6 Å². The number of anilines is 1. The standard InChI is InChI=1S/C34H43NO5/c1-5-6-7-8-9-10-11-12-13-14-24(36)20-28-32-25(17-18-29(37-3)34(32)38-4)26-16-15-23-19-30-31(40-22-39-30)21-27(23)33(26)35(28)2/h15-19,21,28H,5-14,20,22H2,1-4H3. The van der Waals surface area contributed by atoms with Gasteiger partial charge in [-0.05, 0) is 41.6 Å². The van der Waals surface area contributed by atoms with Crippen LogP contribution in [0.4, 0.5) is 5.69 Å². The lowest BCUT2D eigenvalue weighted by Crippen LogP contribution is -2.31. The van der Waals surface area contributed by atoms with Crippen LogP contribution in [-0.2, 0) is 4.79 Å². The van der Waals surface area contributed by atoms with Crippen LogP contribution >= 0.6 is 0 Å². The fourth-order valence-corrected chi connectivity index (χ4v) is 6.35. The zero-order valence-corrected chi connectivity index (χ0v) is 24.5. The van der Waals surface area contributed by atoms with E-state index in [1.165, 1.54) is 44.9 Å². The number of fused-ring (bicyclic) bond motifs is 6. The molecule has 0 radical (unpaired) electrons. The molecule has 1 atom stereocenters. The summed E-state index contributed by atoms with van der Waals surface area (Å²) < 4.78 is 23.0. The predicted octanol–water partition coefficient (Wildman–Crippen LogP) is 8.62. The van der Waals surface area contributed by atoms with Crippen LogP contribution in [0.2, 0.25) is 0 Å². The highest BCUT2D eigenvalue weighted by Gasteiger charge is 2.35. The van der Waals surface area contributed by atoms with Crippen LogP contribution < -0.4 is 23.8 Å². The second-order valence-electron chi connectivity index (χ2n) is 11.1. The summed E-state index contributed by atoms with van der Waals surface area (Å²) in [6.45, 7) is 2.49. The number of benzene rings is 3. The summed E-state index contributed by atoms with van der Waals surface area (Å²) in [5, 5.41) is 2.17. The predicted molar refractivity (Wildman–Crippen MR) is 161 cm³/mol. The van der Waals surface area contributed by atoms with Crippen molar-refractivity contribution >= 4 is 22.2 Å². The van der Waals surface area contributed by atoms with E-state index in [4.69, 9.17) is 18.9 Å². The third-order valence-corrected chi connectivity index (χ3v) is 8.49. The molecule has 40 heavy (non-hydrogen) atoms. The molecule has 5 rings (SSSR count). The summed E-state index contributed by atoms with van der Waals surface area (Å²) in [5.41, 5.74) is 4.28. The largest absolute Gasteiger partial charge is 0.493 e. The maximum atomic E-state index is 13.4. The monoisotopic (exact) mass is 545 g/mol. The Balaban J connectivity index is 1.39. The van der Waals surface area contributed by atoms with Crippen LogP contribution in [0.25, 0.3) is 21.9 Å². The van der Waals surface area contributed by atoms with Gasteiger partial charge in [-0.2, -0.15) is 0 Å². The lowest BCUT2D eigenvalue weighted by molar-refractivity contribution is -0.119. The lowest BCUT2D eigenvalue weighted by atomic mass is 9.83. The fraction of sp³-hybridized carbons (Fsp3) is 0.500. The first-order chi connectivity index (χ1) is 19.6. The number of nitrogens with zero attached hydrogens (tertiary/aromatic N) is 1. The Hall–Kier alpha value is -3.41. The molecule has 214 valence electrons. The van der Waals surface area contributed by atoms with E-state index < -0.39 is 0 Å². The van der Waals surface area contributed by atoms with Gasteiger partial charge in [0, 0.05) is 36.4 Å². The minimum atomic E-state index is -0.172. The Morgan fingerprint density at radius 3 is 2.25 bits per heavy atom. The minimum Gasteiger partial charge on any atom is -0.493 e. The van der Waals surface area contributed by atoms with Gasteiger partial charge in [-0.1, -0.05) is 70.4 Å². The van der Waals surface area contributed by atoms with Crippen molar-refractivity contribution in [1.29, 1.82) is 0 Å². The molecule has 6 heteroatoms. The van der Waals surface area contributed by atoms with E-state index in [2.05, 4.69) is 43.1 Å². The van der Waals surface area contributed by atoms with E-state index in [0.29, 0.717) is 24.3 Å². The normalized spacial score (nSPS) is 15.2. The van der Waals surface area contributed by atoms with Gasteiger partial charge in [0.15, 0.2) is 23.0 Å². The van der Waals surface area contributed by atoms with Crippen molar-refractivity contribution in [2.24, 2.45) is 0 Å². The van der Waals surface area contributed by atoms with Gasteiger partial charge in [-0.15, -0.1) is 0 Å². The van der Waals surface area contributed by atoms with Crippen LogP contribution in [0.5, 0.6) is 23.0 Å². The Labute approximate surface area is 238 Å². The SMILES string of the molecule is CCCCCCCCCCCC(=O)CC1c2c(ccc(OC)c2OC)-c2ccc3cc4c(cc3c2N1C)OCO4. The van der Waals surface area contributed by atoms with E-state index >= 15 is 0 Å². The molecule has 2 aliphatic rings. The molecule has 2 heterocycles. The molecule has 0 amide bonds. The highest BCUT2D eigenvalue weighted by molar-refractivity contribution is 6.06.